The van der Waals surface area contributed by atoms with Crippen LogP contribution in [0.1, 0.15) is 11.3 Å². The van der Waals surface area contributed by atoms with E-state index in [0.29, 0.717) is 28.6 Å². The molecule has 0 radical (unpaired) electrons. The summed E-state index contributed by atoms with van der Waals surface area (Å²) < 4.78 is 10.8. The molecule has 6 nitrogen and oxygen atoms in total. The molecular weight excluding hydrogens is 244 g/mol. The molecule has 2 rings (SSSR count). The van der Waals surface area contributed by atoms with Crippen LogP contribution in [0.3, 0.4) is 0 Å². The highest BCUT2D eigenvalue weighted by Gasteiger charge is 2.09. The Morgan fingerprint density at radius 3 is 2.63 bits per heavy atom. The predicted octanol–water partition coefficient (Wildman–Crippen LogP) is 2.04. The average molecular weight is 256 g/mol. The number of methoxy groups -OCH3 is 1. The first-order valence-corrected chi connectivity index (χ1v) is 5.49. The summed E-state index contributed by atoms with van der Waals surface area (Å²) in [5.41, 5.74) is 6.75. The van der Waals surface area contributed by atoms with E-state index in [-0.39, 0.29) is 5.95 Å². The highest BCUT2D eigenvalue weighted by atomic mass is 16.5. The monoisotopic (exact) mass is 256 g/mol. The number of anilines is 1. The van der Waals surface area contributed by atoms with Crippen LogP contribution in [-0.4, -0.2) is 17.1 Å². The molecular formula is C13H12N4O2. The van der Waals surface area contributed by atoms with Gasteiger partial charge in [0.05, 0.1) is 18.7 Å². The molecule has 2 aromatic rings. The quantitative estimate of drug-likeness (QED) is 0.903. The lowest BCUT2D eigenvalue weighted by Crippen LogP contribution is -1.99. The van der Waals surface area contributed by atoms with Crippen molar-refractivity contribution in [2.45, 2.75) is 6.92 Å². The summed E-state index contributed by atoms with van der Waals surface area (Å²) in [6.45, 7) is 1.79. The summed E-state index contributed by atoms with van der Waals surface area (Å²) in [5, 5.41) is 8.83. The van der Waals surface area contributed by atoms with Crippen LogP contribution in [0, 0.1) is 18.3 Å². The van der Waals surface area contributed by atoms with Crippen molar-refractivity contribution in [1.29, 1.82) is 5.26 Å². The zero-order valence-corrected chi connectivity index (χ0v) is 10.5. The highest BCUT2D eigenvalue weighted by Crippen LogP contribution is 2.31. The molecule has 0 aliphatic rings. The minimum Gasteiger partial charge on any atom is -0.493 e. The standard InChI is InChI=1S/C13H12N4O2/c1-8-5-12(17-13(15)16-8)19-10-4-3-9(7-14)6-11(10)18-2/h3-6H,1-2H3,(H2,15,16,17). The smallest absolute Gasteiger partial charge is 0.224 e. The number of hydrogen-bond acceptors (Lipinski definition) is 6. The zero-order valence-electron chi connectivity index (χ0n) is 10.5. The van der Waals surface area contributed by atoms with Gasteiger partial charge < -0.3 is 15.2 Å². The molecule has 0 amide bonds. The van der Waals surface area contributed by atoms with E-state index < -0.39 is 0 Å². The number of aryl methyl sites for hydroxylation is 1. The number of ether oxygens (including phenoxy) is 2. The SMILES string of the molecule is COc1cc(C#N)ccc1Oc1cc(C)nc(N)n1. The summed E-state index contributed by atoms with van der Waals surface area (Å²) in [6, 6.07) is 8.56. The van der Waals surface area contributed by atoms with E-state index >= 15 is 0 Å². The lowest BCUT2D eigenvalue weighted by molar-refractivity contribution is 0.374. The van der Waals surface area contributed by atoms with E-state index in [4.69, 9.17) is 20.5 Å². The molecule has 2 N–H and O–H groups in total. The summed E-state index contributed by atoms with van der Waals surface area (Å²) >= 11 is 0. The molecule has 0 saturated carbocycles. The van der Waals surface area contributed by atoms with Crippen molar-refractivity contribution >= 4 is 5.95 Å². The Labute approximate surface area is 110 Å². The van der Waals surface area contributed by atoms with Gasteiger partial charge in [0.15, 0.2) is 11.5 Å². The highest BCUT2D eigenvalue weighted by molar-refractivity contribution is 5.48. The number of aromatic nitrogens is 2. The van der Waals surface area contributed by atoms with Gasteiger partial charge in [-0.05, 0) is 19.1 Å². The van der Waals surface area contributed by atoms with Gasteiger partial charge in [-0.25, -0.2) is 4.98 Å². The first kappa shape index (κ1) is 12.6. The van der Waals surface area contributed by atoms with E-state index in [1.54, 1.807) is 31.2 Å². The number of nitrogen functional groups attached to an aromatic ring is 1. The largest absolute Gasteiger partial charge is 0.493 e. The van der Waals surface area contributed by atoms with Gasteiger partial charge in [0.2, 0.25) is 11.8 Å². The molecule has 1 aromatic heterocycles. The Morgan fingerprint density at radius 1 is 1.21 bits per heavy atom. The van der Waals surface area contributed by atoms with Crippen LogP contribution >= 0.6 is 0 Å². The predicted molar refractivity (Wildman–Crippen MR) is 69.0 cm³/mol. The Hall–Kier alpha value is -2.81. The lowest BCUT2D eigenvalue weighted by atomic mass is 10.2. The minimum absolute atomic E-state index is 0.141. The first-order chi connectivity index (χ1) is 9.12. The normalized spacial score (nSPS) is 9.74. The first-order valence-electron chi connectivity index (χ1n) is 5.49. The fraction of sp³-hybridized carbons (Fsp3) is 0.154. The topological polar surface area (TPSA) is 94.0 Å². The van der Waals surface area contributed by atoms with Crippen molar-refractivity contribution in [3.8, 4) is 23.4 Å². The van der Waals surface area contributed by atoms with E-state index in [0.717, 1.165) is 0 Å². The second kappa shape index (κ2) is 5.23. The Bertz CT molecular complexity index is 629. The Kier molecular flexibility index (Phi) is 3.48. The molecule has 0 aliphatic heterocycles. The molecule has 0 spiro atoms. The van der Waals surface area contributed by atoms with Crippen molar-refractivity contribution in [3.63, 3.8) is 0 Å². The van der Waals surface area contributed by atoms with Crippen LogP contribution in [-0.2, 0) is 0 Å². The number of nitrogens with two attached hydrogens (primary N) is 1. The zero-order chi connectivity index (χ0) is 13.8. The lowest BCUT2D eigenvalue weighted by Gasteiger charge is -2.10. The fourth-order valence-corrected chi connectivity index (χ4v) is 1.55. The second-order valence-electron chi connectivity index (χ2n) is 3.79. The van der Waals surface area contributed by atoms with Gasteiger partial charge in [0.25, 0.3) is 0 Å². The maximum atomic E-state index is 8.83. The van der Waals surface area contributed by atoms with Gasteiger partial charge in [-0.1, -0.05) is 0 Å². The fourth-order valence-electron chi connectivity index (χ4n) is 1.55. The van der Waals surface area contributed by atoms with Gasteiger partial charge in [0.1, 0.15) is 0 Å². The van der Waals surface area contributed by atoms with Crippen LogP contribution in [0.4, 0.5) is 5.95 Å². The molecule has 1 aromatic carbocycles. The van der Waals surface area contributed by atoms with E-state index in [1.807, 2.05) is 6.07 Å². The number of benzene rings is 1. The van der Waals surface area contributed by atoms with Crippen molar-refractivity contribution < 1.29 is 9.47 Å². The van der Waals surface area contributed by atoms with Crippen LogP contribution in [0.25, 0.3) is 0 Å². The number of nitriles is 1. The average Bonchev–Trinajstić information content (AvgIpc) is 2.38. The molecule has 19 heavy (non-hydrogen) atoms. The van der Waals surface area contributed by atoms with E-state index in [1.165, 1.54) is 7.11 Å². The number of nitrogens with zero attached hydrogens (tertiary/aromatic N) is 3. The number of hydrogen-bond donors (Lipinski definition) is 1. The third-order valence-electron chi connectivity index (χ3n) is 2.36. The van der Waals surface area contributed by atoms with Crippen LogP contribution in [0.2, 0.25) is 0 Å². The maximum Gasteiger partial charge on any atom is 0.224 e. The van der Waals surface area contributed by atoms with Crippen LogP contribution < -0.4 is 15.2 Å². The summed E-state index contributed by atoms with van der Waals surface area (Å²) in [6.07, 6.45) is 0. The molecule has 96 valence electrons. The van der Waals surface area contributed by atoms with Crippen molar-refractivity contribution in [1.82, 2.24) is 9.97 Å². The Morgan fingerprint density at radius 2 is 2.00 bits per heavy atom. The van der Waals surface area contributed by atoms with Crippen LogP contribution in [0.5, 0.6) is 17.4 Å². The number of rotatable bonds is 3. The van der Waals surface area contributed by atoms with Crippen molar-refractivity contribution in [2.75, 3.05) is 12.8 Å². The summed E-state index contributed by atoms with van der Waals surface area (Å²) in [5.74, 6) is 1.38. The van der Waals surface area contributed by atoms with Gasteiger partial charge >= 0.3 is 0 Å². The van der Waals surface area contributed by atoms with E-state index in [9.17, 15) is 0 Å². The van der Waals surface area contributed by atoms with Crippen molar-refractivity contribution in [3.05, 3.63) is 35.5 Å². The molecule has 0 atom stereocenters. The summed E-state index contributed by atoms with van der Waals surface area (Å²) in [4.78, 5) is 7.93. The minimum atomic E-state index is 0.141. The second-order valence-corrected chi connectivity index (χ2v) is 3.79. The van der Waals surface area contributed by atoms with Crippen LogP contribution in [0.15, 0.2) is 24.3 Å². The third kappa shape index (κ3) is 2.90. The van der Waals surface area contributed by atoms with Crippen molar-refractivity contribution in [2.24, 2.45) is 0 Å². The molecule has 0 saturated heterocycles. The molecule has 6 heteroatoms. The molecule has 0 unspecified atom stereocenters. The third-order valence-corrected chi connectivity index (χ3v) is 2.36. The Balaban J connectivity index is 2.35. The van der Waals surface area contributed by atoms with Gasteiger partial charge in [-0.3, -0.25) is 0 Å². The van der Waals surface area contributed by atoms with E-state index in [2.05, 4.69) is 9.97 Å². The van der Waals surface area contributed by atoms with Gasteiger partial charge in [0, 0.05) is 17.8 Å². The molecule has 0 fully saturated rings. The molecule has 1 heterocycles. The molecule has 0 bridgehead atoms. The maximum absolute atomic E-state index is 8.83. The summed E-state index contributed by atoms with van der Waals surface area (Å²) in [7, 11) is 1.50. The molecule has 0 aliphatic carbocycles. The van der Waals surface area contributed by atoms with Gasteiger partial charge in [-0.15, -0.1) is 0 Å². The van der Waals surface area contributed by atoms with Gasteiger partial charge in [-0.2, -0.15) is 10.2 Å².